The average molecular weight is 437 g/mol. The first-order valence-electron chi connectivity index (χ1n) is 7.55. The Bertz CT molecular complexity index is 533. The molecule has 1 aliphatic rings. The molecule has 1 amide bonds. The molecule has 2 rings (SSSR count). The Morgan fingerprint density at radius 1 is 1.45 bits per heavy atom. The van der Waals surface area contributed by atoms with Crippen molar-refractivity contribution in [3.05, 3.63) is 26.3 Å². The van der Waals surface area contributed by atoms with Gasteiger partial charge in [0, 0.05) is 16.7 Å². The predicted octanol–water partition coefficient (Wildman–Crippen LogP) is 3.41. The number of rotatable bonds is 6. The molecule has 1 aromatic rings. The zero-order valence-electron chi connectivity index (χ0n) is 13.0. The number of nitrogens with one attached hydrogen (secondary N) is 1. The first-order valence-corrected chi connectivity index (χ1v) is 9.00. The maximum atomic E-state index is 12.4. The van der Waals surface area contributed by atoms with Crippen molar-refractivity contribution >= 4 is 40.1 Å². The van der Waals surface area contributed by atoms with Gasteiger partial charge in [0.2, 0.25) is 0 Å². The topological polar surface area (TPSA) is 41.6 Å². The summed E-state index contributed by atoms with van der Waals surface area (Å²) in [4.78, 5) is 14.8. The minimum absolute atomic E-state index is 0.136. The van der Waals surface area contributed by atoms with E-state index in [0.29, 0.717) is 28.8 Å². The highest BCUT2D eigenvalue weighted by Gasteiger charge is 2.18. The van der Waals surface area contributed by atoms with E-state index in [2.05, 4.69) is 39.7 Å². The van der Waals surface area contributed by atoms with Crippen molar-refractivity contribution in [2.24, 2.45) is 5.92 Å². The zero-order chi connectivity index (χ0) is 16.1. The average Bonchev–Trinajstić information content (AvgIpc) is 3.00. The van der Waals surface area contributed by atoms with Crippen LogP contribution in [-0.4, -0.2) is 44.1 Å². The van der Waals surface area contributed by atoms with E-state index in [1.807, 2.05) is 0 Å². The number of hydrogen-bond donors (Lipinski definition) is 1. The van der Waals surface area contributed by atoms with Crippen LogP contribution in [0.4, 0.5) is 0 Å². The number of carbonyl (C=O) groups excluding carboxylic acids is 1. The zero-order valence-corrected chi connectivity index (χ0v) is 15.9. The van der Waals surface area contributed by atoms with E-state index in [1.165, 1.54) is 25.9 Å². The summed E-state index contributed by atoms with van der Waals surface area (Å²) in [6.45, 7) is 6.21. The lowest BCUT2D eigenvalue weighted by molar-refractivity contribution is 0.0942. The summed E-state index contributed by atoms with van der Waals surface area (Å²) in [7, 11) is 1.56. The molecule has 1 aromatic carbocycles. The van der Waals surface area contributed by atoms with E-state index in [4.69, 9.17) is 16.3 Å². The van der Waals surface area contributed by atoms with Crippen molar-refractivity contribution in [1.82, 2.24) is 10.2 Å². The second-order valence-corrected chi connectivity index (χ2v) is 7.36. The van der Waals surface area contributed by atoms with E-state index >= 15 is 0 Å². The molecule has 0 unspecified atom stereocenters. The van der Waals surface area contributed by atoms with Crippen LogP contribution in [0.2, 0.25) is 5.02 Å². The standard InChI is InChI=1S/C16H22ClIN2O2/c1-11(10-20-5-3-4-6-20)9-19-16(21)12-7-13(17)14(18)8-15(12)22-2/h7-8,11H,3-6,9-10H2,1-2H3,(H,19,21)/t11-/m1/s1. The lowest BCUT2D eigenvalue weighted by Crippen LogP contribution is -2.34. The van der Waals surface area contributed by atoms with Crippen molar-refractivity contribution in [3.63, 3.8) is 0 Å². The SMILES string of the molecule is COc1cc(I)c(Cl)cc1C(=O)NC[C@@H](C)CN1CCCC1. The van der Waals surface area contributed by atoms with Crippen molar-refractivity contribution in [2.45, 2.75) is 19.8 Å². The normalized spacial score (nSPS) is 16.5. The Balaban J connectivity index is 1.92. The lowest BCUT2D eigenvalue weighted by Gasteiger charge is -2.20. The van der Waals surface area contributed by atoms with E-state index in [-0.39, 0.29) is 5.91 Å². The molecule has 0 aromatic heterocycles. The molecule has 22 heavy (non-hydrogen) atoms. The van der Waals surface area contributed by atoms with Gasteiger partial charge in [-0.2, -0.15) is 0 Å². The number of hydrogen-bond acceptors (Lipinski definition) is 3. The number of carbonyl (C=O) groups is 1. The fourth-order valence-corrected chi connectivity index (χ4v) is 3.31. The number of methoxy groups -OCH3 is 1. The van der Waals surface area contributed by atoms with Crippen molar-refractivity contribution < 1.29 is 9.53 Å². The minimum Gasteiger partial charge on any atom is -0.496 e. The number of benzene rings is 1. The van der Waals surface area contributed by atoms with Gasteiger partial charge >= 0.3 is 0 Å². The Kier molecular flexibility index (Phi) is 6.77. The van der Waals surface area contributed by atoms with Crippen LogP contribution in [-0.2, 0) is 0 Å². The largest absolute Gasteiger partial charge is 0.496 e. The van der Waals surface area contributed by atoms with E-state index in [9.17, 15) is 4.79 Å². The Hall–Kier alpha value is -0.530. The van der Waals surface area contributed by atoms with Gasteiger partial charge in [-0.25, -0.2) is 0 Å². The minimum atomic E-state index is -0.136. The summed E-state index contributed by atoms with van der Waals surface area (Å²) >= 11 is 8.24. The molecule has 0 spiro atoms. The number of amides is 1. The highest BCUT2D eigenvalue weighted by atomic mass is 127. The van der Waals surface area contributed by atoms with Crippen LogP contribution >= 0.6 is 34.2 Å². The van der Waals surface area contributed by atoms with Crippen LogP contribution in [0.25, 0.3) is 0 Å². The molecule has 1 heterocycles. The Labute approximate surface area is 150 Å². The monoisotopic (exact) mass is 436 g/mol. The third kappa shape index (κ3) is 4.73. The summed E-state index contributed by atoms with van der Waals surface area (Å²) < 4.78 is 6.15. The third-order valence-corrected chi connectivity index (χ3v) is 5.39. The maximum Gasteiger partial charge on any atom is 0.255 e. The molecule has 4 nitrogen and oxygen atoms in total. The van der Waals surface area contributed by atoms with Crippen LogP contribution in [0, 0.1) is 9.49 Å². The van der Waals surface area contributed by atoms with Gasteiger partial charge in [0.15, 0.2) is 0 Å². The van der Waals surface area contributed by atoms with Crippen molar-refractivity contribution in [3.8, 4) is 5.75 Å². The van der Waals surface area contributed by atoms with Gasteiger partial charge < -0.3 is 15.0 Å². The second-order valence-electron chi connectivity index (χ2n) is 5.79. The highest BCUT2D eigenvalue weighted by Crippen LogP contribution is 2.28. The van der Waals surface area contributed by atoms with Crippen LogP contribution in [0.5, 0.6) is 5.75 Å². The van der Waals surface area contributed by atoms with Gasteiger partial charge in [-0.1, -0.05) is 18.5 Å². The first-order chi connectivity index (χ1) is 10.5. The number of nitrogens with zero attached hydrogens (tertiary/aromatic N) is 1. The van der Waals surface area contributed by atoms with Crippen LogP contribution in [0.1, 0.15) is 30.1 Å². The van der Waals surface area contributed by atoms with Gasteiger partial charge in [0.05, 0.1) is 17.7 Å². The van der Waals surface area contributed by atoms with E-state index in [0.717, 1.165) is 10.1 Å². The Morgan fingerprint density at radius 2 is 2.14 bits per heavy atom. The van der Waals surface area contributed by atoms with Crippen LogP contribution < -0.4 is 10.1 Å². The van der Waals surface area contributed by atoms with Crippen molar-refractivity contribution in [2.75, 3.05) is 33.3 Å². The molecule has 1 N–H and O–H groups in total. The Morgan fingerprint density at radius 3 is 2.77 bits per heavy atom. The molecule has 1 fully saturated rings. The van der Waals surface area contributed by atoms with E-state index < -0.39 is 0 Å². The molecule has 0 bridgehead atoms. The highest BCUT2D eigenvalue weighted by molar-refractivity contribution is 14.1. The van der Waals surface area contributed by atoms with Gasteiger partial charge in [-0.3, -0.25) is 4.79 Å². The first kappa shape index (κ1) is 17.8. The van der Waals surface area contributed by atoms with Crippen molar-refractivity contribution in [1.29, 1.82) is 0 Å². The number of halogens is 2. The number of likely N-dealkylation sites (tertiary alicyclic amines) is 1. The molecule has 0 saturated carbocycles. The van der Waals surface area contributed by atoms with Gasteiger partial charge in [0.25, 0.3) is 5.91 Å². The molecule has 1 atom stereocenters. The van der Waals surface area contributed by atoms with Gasteiger partial charge in [0.1, 0.15) is 5.75 Å². The molecule has 1 aliphatic heterocycles. The summed E-state index contributed by atoms with van der Waals surface area (Å²) in [5.41, 5.74) is 0.487. The summed E-state index contributed by atoms with van der Waals surface area (Å²) in [5, 5.41) is 3.55. The quantitative estimate of drug-likeness (QED) is 0.695. The molecule has 1 saturated heterocycles. The fourth-order valence-electron chi connectivity index (χ4n) is 2.71. The second kappa shape index (κ2) is 8.36. The van der Waals surface area contributed by atoms with Crippen LogP contribution in [0.3, 0.4) is 0 Å². The molecular weight excluding hydrogens is 415 g/mol. The molecule has 6 heteroatoms. The maximum absolute atomic E-state index is 12.4. The van der Waals surface area contributed by atoms with Crippen LogP contribution in [0.15, 0.2) is 12.1 Å². The summed E-state index contributed by atoms with van der Waals surface area (Å²) in [6, 6.07) is 3.45. The smallest absolute Gasteiger partial charge is 0.255 e. The van der Waals surface area contributed by atoms with E-state index in [1.54, 1.807) is 19.2 Å². The predicted molar refractivity (Wildman–Crippen MR) is 97.9 cm³/mol. The lowest BCUT2D eigenvalue weighted by atomic mass is 10.1. The molecular formula is C16H22ClIN2O2. The summed E-state index contributed by atoms with van der Waals surface area (Å²) in [5.74, 6) is 0.842. The fraction of sp³-hybridized carbons (Fsp3) is 0.562. The molecule has 0 aliphatic carbocycles. The van der Waals surface area contributed by atoms with Gasteiger partial charge in [-0.05, 0) is 66.6 Å². The third-order valence-electron chi connectivity index (χ3n) is 3.87. The molecule has 122 valence electrons. The molecule has 0 radical (unpaired) electrons. The number of ether oxygens (including phenoxy) is 1. The van der Waals surface area contributed by atoms with Gasteiger partial charge in [-0.15, -0.1) is 0 Å². The summed E-state index contributed by atoms with van der Waals surface area (Å²) in [6.07, 6.45) is 2.58.